The number of nitrogens with zero attached hydrogens (tertiary/aromatic N) is 2. The molecule has 0 saturated carbocycles. The Hall–Kier alpha value is -2.54. The average molecular weight is 346 g/mol. The summed E-state index contributed by atoms with van der Waals surface area (Å²) in [5.74, 6) is 0. The third-order valence-electron chi connectivity index (χ3n) is 3.60. The predicted octanol–water partition coefficient (Wildman–Crippen LogP) is 2.43. The molecule has 3 N–H and O–H groups in total. The second kappa shape index (κ2) is 7.83. The maximum Gasteiger partial charge on any atom is 0.276 e. The summed E-state index contributed by atoms with van der Waals surface area (Å²) in [5.41, 5.74) is 7.99. The van der Waals surface area contributed by atoms with Crippen LogP contribution in [0.3, 0.4) is 0 Å². The van der Waals surface area contributed by atoms with E-state index in [9.17, 15) is 8.42 Å². The Kier molecular flexibility index (Phi) is 5.81. The molecule has 0 aliphatic rings. The van der Waals surface area contributed by atoms with Crippen LogP contribution in [0.5, 0.6) is 0 Å². The first-order valence-electron chi connectivity index (χ1n) is 7.71. The number of sulfonamides is 1. The third kappa shape index (κ3) is 4.48. The Labute approximate surface area is 143 Å². The second-order valence-corrected chi connectivity index (χ2v) is 6.85. The van der Waals surface area contributed by atoms with Crippen molar-refractivity contribution >= 4 is 27.6 Å². The van der Waals surface area contributed by atoms with Crippen LogP contribution in [0.1, 0.15) is 19.4 Å². The van der Waals surface area contributed by atoms with Crippen molar-refractivity contribution in [2.75, 3.05) is 23.7 Å². The summed E-state index contributed by atoms with van der Waals surface area (Å²) in [6.07, 6.45) is 1.47. The van der Waals surface area contributed by atoms with E-state index in [2.05, 4.69) is 28.7 Å². The first-order chi connectivity index (χ1) is 11.5. The molecule has 0 heterocycles. The highest BCUT2D eigenvalue weighted by Gasteiger charge is 2.11. The zero-order valence-electron chi connectivity index (χ0n) is 13.8. The summed E-state index contributed by atoms with van der Waals surface area (Å²) in [5, 5.41) is 3.82. The van der Waals surface area contributed by atoms with Crippen LogP contribution in [0.4, 0.5) is 11.4 Å². The molecular weight excluding hydrogens is 324 g/mol. The first-order valence-corrected chi connectivity index (χ1v) is 9.20. The molecule has 0 radical (unpaired) electrons. The summed E-state index contributed by atoms with van der Waals surface area (Å²) >= 11 is 0. The largest absolute Gasteiger partial charge is 0.399 e. The minimum Gasteiger partial charge on any atom is -0.399 e. The van der Waals surface area contributed by atoms with Gasteiger partial charge in [-0.05, 0) is 55.8 Å². The van der Waals surface area contributed by atoms with Crippen molar-refractivity contribution in [2.24, 2.45) is 5.10 Å². The Morgan fingerprint density at radius 2 is 1.62 bits per heavy atom. The molecule has 0 saturated heterocycles. The Morgan fingerprint density at radius 3 is 2.17 bits per heavy atom. The van der Waals surface area contributed by atoms with Gasteiger partial charge < -0.3 is 10.6 Å². The number of benzene rings is 2. The number of hydrazone groups is 1. The molecule has 0 aliphatic carbocycles. The maximum atomic E-state index is 12.1. The molecule has 0 unspecified atom stereocenters. The highest BCUT2D eigenvalue weighted by Crippen LogP contribution is 2.14. The van der Waals surface area contributed by atoms with E-state index in [1.165, 1.54) is 30.5 Å². The van der Waals surface area contributed by atoms with Crippen molar-refractivity contribution in [1.82, 2.24) is 4.83 Å². The van der Waals surface area contributed by atoms with Crippen LogP contribution in [-0.4, -0.2) is 27.7 Å². The monoisotopic (exact) mass is 346 g/mol. The summed E-state index contributed by atoms with van der Waals surface area (Å²) in [7, 11) is -3.69. The summed E-state index contributed by atoms with van der Waals surface area (Å²) in [6, 6.07) is 13.7. The number of hydrogen-bond acceptors (Lipinski definition) is 5. The van der Waals surface area contributed by atoms with Gasteiger partial charge in [-0.1, -0.05) is 12.1 Å². The predicted molar refractivity (Wildman–Crippen MR) is 98.8 cm³/mol. The van der Waals surface area contributed by atoms with E-state index < -0.39 is 10.0 Å². The van der Waals surface area contributed by atoms with Gasteiger partial charge in [0, 0.05) is 24.5 Å². The van der Waals surface area contributed by atoms with Gasteiger partial charge >= 0.3 is 0 Å². The number of rotatable bonds is 7. The summed E-state index contributed by atoms with van der Waals surface area (Å²) in [4.78, 5) is 4.54. The topological polar surface area (TPSA) is 87.8 Å². The van der Waals surface area contributed by atoms with Gasteiger partial charge in [0.25, 0.3) is 10.0 Å². The van der Waals surface area contributed by atoms with Crippen LogP contribution in [-0.2, 0) is 10.0 Å². The van der Waals surface area contributed by atoms with Crippen molar-refractivity contribution in [1.29, 1.82) is 0 Å². The molecule has 0 aromatic heterocycles. The second-order valence-electron chi connectivity index (χ2n) is 5.19. The normalized spacial score (nSPS) is 11.6. The van der Waals surface area contributed by atoms with Gasteiger partial charge in [0.1, 0.15) is 0 Å². The van der Waals surface area contributed by atoms with Gasteiger partial charge in [-0.2, -0.15) is 13.5 Å². The van der Waals surface area contributed by atoms with Gasteiger partial charge in [-0.25, -0.2) is 4.83 Å². The molecule has 0 bridgehead atoms. The van der Waals surface area contributed by atoms with Gasteiger partial charge in [0.2, 0.25) is 0 Å². The van der Waals surface area contributed by atoms with Crippen molar-refractivity contribution < 1.29 is 8.42 Å². The molecular formula is C17H22N4O2S. The Bertz CT molecular complexity index is 780. The lowest BCUT2D eigenvalue weighted by Crippen LogP contribution is -2.21. The van der Waals surface area contributed by atoms with E-state index in [4.69, 9.17) is 5.73 Å². The average Bonchev–Trinajstić information content (AvgIpc) is 2.57. The van der Waals surface area contributed by atoms with Crippen LogP contribution in [0.15, 0.2) is 58.5 Å². The zero-order chi connectivity index (χ0) is 17.6. The minimum atomic E-state index is -3.69. The molecule has 2 rings (SSSR count). The lowest BCUT2D eigenvalue weighted by molar-refractivity contribution is 0.584. The first kappa shape index (κ1) is 17.8. The fraction of sp³-hybridized carbons (Fsp3) is 0.235. The van der Waals surface area contributed by atoms with Crippen LogP contribution in [0.25, 0.3) is 0 Å². The van der Waals surface area contributed by atoms with Crippen molar-refractivity contribution in [3.05, 3.63) is 54.1 Å². The molecule has 2 aromatic carbocycles. The lowest BCUT2D eigenvalue weighted by atomic mass is 10.2. The van der Waals surface area contributed by atoms with Crippen molar-refractivity contribution in [2.45, 2.75) is 18.7 Å². The number of nitrogens with two attached hydrogens (primary N) is 1. The van der Waals surface area contributed by atoms with Gasteiger partial charge in [0.05, 0.1) is 11.1 Å². The number of nitrogen functional groups attached to an aromatic ring is 1. The molecule has 0 fully saturated rings. The number of anilines is 2. The smallest absolute Gasteiger partial charge is 0.276 e. The number of nitrogens with one attached hydrogen (secondary N) is 1. The molecule has 0 aliphatic heterocycles. The summed E-state index contributed by atoms with van der Waals surface area (Å²) in [6.45, 7) is 6.08. The lowest BCUT2D eigenvalue weighted by Gasteiger charge is -2.20. The molecule has 24 heavy (non-hydrogen) atoms. The fourth-order valence-corrected chi connectivity index (χ4v) is 3.02. The zero-order valence-corrected chi connectivity index (χ0v) is 14.6. The molecule has 6 nitrogen and oxygen atoms in total. The van der Waals surface area contributed by atoms with E-state index >= 15 is 0 Å². The van der Waals surface area contributed by atoms with Gasteiger partial charge in [-0.3, -0.25) is 0 Å². The maximum absolute atomic E-state index is 12.1. The van der Waals surface area contributed by atoms with E-state index in [0.717, 1.165) is 24.3 Å². The fourth-order valence-electron chi connectivity index (χ4n) is 2.23. The molecule has 0 spiro atoms. The van der Waals surface area contributed by atoms with Crippen molar-refractivity contribution in [3.8, 4) is 0 Å². The van der Waals surface area contributed by atoms with E-state index in [1.54, 1.807) is 0 Å². The molecule has 0 amide bonds. The highest BCUT2D eigenvalue weighted by atomic mass is 32.2. The minimum absolute atomic E-state index is 0.116. The number of hydrogen-bond donors (Lipinski definition) is 2. The quantitative estimate of drug-likeness (QED) is 0.458. The van der Waals surface area contributed by atoms with Gasteiger partial charge in [-0.15, -0.1) is 0 Å². The van der Waals surface area contributed by atoms with E-state index in [1.807, 2.05) is 24.3 Å². The van der Waals surface area contributed by atoms with E-state index in [0.29, 0.717) is 5.69 Å². The molecule has 7 heteroatoms. The Morgan fingerprint density at radius 1 is 1.04 bits per heavy atom. The SMILES string of the molecule is CCN(CC)c1ccc(C=NNS(=O)(=O)c2ccc(N)cc2)cc1. The molecule has 2 aromatic rings. The molecule has 0 atom stereocenters. The van der Waals surface area contributed by atoms with Crippen LogP contribution in [0, 0.1) is 0 Å². The molecule has 128 valence electrons. The van der Waals surface area contributed by atoms with Crippen LogP contribution < -0.4 is 15.5 Å². The van der Waals surface area contributed by atoms with Crippen LogP contribution in [0.2, 0.25) is 0 Å². The third-order valence-corrected chi connectivity index (χ3v) is 4.84. The standard InChI is InChI=1S/C17H22N4O2S/c1-3-21(4-2)16-9-5-14(6-10-16)13-19-20-24(22,23)17-11-7-15(18)8-12-17/h5-13,20H,3-4,18H2,1-2H3. The van der Waals surface area contributed by atoms with Gasteiger partial charge in [0.15, 0.2) is 0 Å². The Balaban J connectivity index is 2.04. The van der Waals surface area contributed by atoms with Crippen molar-refractivity contribution in [3.63, 3.8) is 0 Å². The van der Waals surface area contributed by atoms with Crippen LogP contribution >= 0.6 is 0 Å². The van der Waals surface area contributed by atoms with E-state index in [-0.39, 0.29) is 4.90 Å². The highest BCUT2D eigenvalue weighted by molar-refractivity contribution is 7.89. The summed E-state index contributed by atoms with van der Waals surface area (Å²) < 4.78 is 24.2.